The number of hydrogen-bond donors (Lipinski definition) is 2. The van der Waals surface area contributed by atoms with Gasteiger partial charge in [0.15, 0.2) is 0 Å². The maximum absolute atomic E-state index is 11.8. The summed E-state index contributed by atoms with van der Waals surface area (Å²) in [4.78, 5) is 24.1. The maximum atomic E-state index is 11.8. The minimum atomic E-state index is -0.483. The van der Waals surface area contributed by atoms with Crippen LogP contribution in [0.25, 0.3) is 10.9 Å². The number of benzene rings is 2. The second kappa shape index (κ2) is 8.12. The van der Waals surface area contributed by atoms with Gasteiger partial charge in [-0.25, -0.2) is 9.97 Å². The van der Waals surface area contributed by atoms with Crippen LogP contribution in [0.1, 0.15) is 16.8 Å². The van der Waals surface area contributed by atoms with Gasteiger partial charge in [-0.15, -0.1) is 0 Å². The van der Waals surface area contributed by atoms with Crippen molar-refractivity contribution in [1.29, 1.82) is 0 Å². The van der Waals surface area contributed by atoms with Crippen LogP contribution in [0.15, 0.2) is 60.9 Å². The van der Waals surface area contributed by atoms with E-state index < -0.39 is 4.92 Å². The van der Waals surface area contributed by atoms with Crippen molar-refractivity contribution in [1.82, 2.24) is 15.0 Å². The van der Waals surface area contributed by atoms with Crippen LogP contribution >= 0.6 is 0 Å². The van der Waals surface area contributed by atoms with Crippen molar-refractivity contribution in [3.05, 3.63) is 87.9 Å². The molecule has 0 saturated heterocycles. The van der Waals surface area contributed by atoms with E-state index >= 15 is 0 Å². The van der Waals surface area contributed by atoms with Gasteiger partial charge in [-0.3, -0.25) is 15.1 Å². The Kier molecular flexibility index (Phi) is 5.21. The average molecular weight is 400 g/mol. The van der Waals surface area contributed by atoms with Crippen molar-refractivity contribution in [2.24, 2.45) is 0 Å². The van der Waals surface area contributed by atoms with Crippen LogP contribution < -0.4 is 10.6 Å². The van der Waals surface area contributed by atoms with Gasteiger partial charge in [0.2, 0.25) is 11.6 Å². The number of nitrogens with one attached hydrogen (secondary N) is 2. The van der Waals surface area contributed by atoms with Gasteiger partial charge in [0.1, 0.15) is 6.33 Å². The fraction of sp³-hybridized carbons (Fsp3) is 0.136. The third kappa shape index (κ3) is 4.02. The van der Waals surface area contributed by atoms with Crippen molar-refractivity contribution >= 4 is 33.9 Å². The molecular formula is C22H20N6O2. The summed E-state index contributed by atoms with van der Waals surface area (Å²) in [5.41, 5.74) is 4.15. The Bertz CT molecular complexity index is 1220. The molecule has 0 bridgehead atoms. The molecule has 0 amide bonds. The number of nitro groups is 1. The van der Waals surface area contributed by atoms with Crippen molar-refractivity contribution in [3.63, 3.8) is 0 Å². The smallest absolute Gasteiger partial charge is 0.353 e. The van der Waals surface area contributed by atoms with Gasteiger partial charge in [0.25, 0.3) is 0 Å². The number of rotatable bonds is 6. The summed E-state index contributed by atoms with van der Waals surface area (Å²) in [7, 11) is 0. The highest BCUT2D eigenvalue weighted by atomic mass is 16.6. The Morgan fingerprint density at radius 2 is 1.73 bits per heavy atom. The Hall–Kier alpha value is -4.07. The van der Waals surface area contributed by atoms with E-state index in [2.05, 4.69) is 25.6 Å². The van der Waals surface area contributed by atoms with E-state index in [0.29, 0.717) is 12.2 Å². The normalized spacial score (nSPS) is 10.7. The van der Waals surface area contributed by atoms with Crippen LogP contribution in [-0.2, 0) is 6.54 Å². The molecule has 0 spiro atoms. The molecule has 2 aromatic heterocycles. The zero-order valence-electron chi connectivity index (χ0n) is 16.6. The predicted octanol–water partition coefficient (Wildman–Crippen LogP) is 4.91. The Morgan fingerprint density at radius 3 is 2.50 bits per heavy atom. The van der Waals surface area contributed by atoms with Gasteiger partial charge in [-0.2, -0.15) is 0 Å². The lowest BCUT2D eigenvalue weighted by atomic mass is 10.1. The number of nitrogens with zero attached hydrogens (tertiary/aromatic N) is 4. The van der Waals surface area contributed by atoms with Gasteiger partial charge in [0, 0.05) is 17.6 Å². The van der Waals surface area contributed by atoms with Crippen LogP contribution in [-0.4, -0.2) is 19.9 Å². The summed E-state index contributed by atoms with van der Waals surface area (Å²) in [6.07, 6.45) is 1.30. The molecule has 0 aliphatic carbocycles. The summed E-state index contributed by atoms with van der Waals surface area (Å²) in [5, 5.41) is 18.9. The number of anilines is 3. The summed E-state index contributed by atoms with van der Waals surface area (Å²) in [5.74, 6) is 0.264. The second-order valence-corrected chi connectivity index (χ2v) is 6.97. The molecule has 0 atom stereocenters. The molecule has 0 radical (unpaired) electrons. The van der Waals surface area contributed by atoms with Gasteiger partial charge in [-0.1, -0.05) is 48.0 Å². The summed E-state index contributed by atoms with van der Waals surface area (Å²) < 4.78 is 0. The number of hydrogen-bond acceptors (Lipinski definition) is 7. The molecular weight excluding hydrogens is 380 g/mol. The highest BCUT2D eigenvalue weighted by molar-refractivity contribution is 5.93. The molecule has 4 rings (SSSR count). The highest BCUT2D eigenvalue weighted by Gasteiger charge is 2.23. The molecule has 30 heavy (non-hydrogen) atoms. The number of aryl methyl sites for hydroxylation is 2. The molecule has 2 N–H and O–H groups in total. The maximum Gasteiger partial charge on any atom is 0.353 e. The Morgan fingerprint density at radius 1 is 0.967 bits per heavy atom. The summed E-state index contributed by atoms with van der Waals surface area (Å²) in [6.45, 7) is 4.32. The van der Waals surface area contributed by atoms with E-state index in [1.807, 2.05) is 68.4 Å². The first-order valence-corrected chi connectivity index (χ1v) is 9.43. The summed E-state index contributed by atoms with van der Waals surface area (Å²) in [6, 6.07) is 17.4. The summed E-state index contributed by atoms with van der Waals surface area (Å²) >= 11 is 0. The highest BCUT2D eigenvalue weighted by Crippen LogP contribution is 2.33. The zero-order valence-corrected chi connectivity index (χ0v) is 16.6. The molecule has 0 saturated carbocycles. The molecule has 8 heteroatoms. The molecule has 8 nitrogen and oxygen atoms in total. The molecule has 150 valence electrons. The molecule has 0 fully saturated rings. The van der Waals surface area contributed by atoms with E-state index in [1.54, 1.807) is 0 Å². The number of para-hydroxylation sites is 1. The molecule has 4 aromatic rings. The Labute approximate surface area is 173 Å². The van der Waals surface area contributed by atoms with Crippen molar-refractivity contribution < 1.29 is 4.92 Å². The minimum Gasteiger partial charge on any atom is -0.360 e. The first-order valence-electron chi connectivity index (χ1n) is 9.43. The van der Waals surface area contributed by atoms with Crippen LogP contribution in [0.2, 0.25) is 0 Å². The second-order valence-electron chi connectivity index (χ2n) is 6.97. The molecule has 0 unspecified atom stereocenters. The fourth-order valence-corrected chi connectivity index (χ4v) is 3.14. The number of fused-ring (bicyclic) bond motifs is 1. The minimum absolute atomic E-state index is 0.109. The lowest BCUT2D eigenvalue weighted by molar-refractivity contribution is -0.383. The third-order valence-electron chi connectivity index (χ3n) is 4.70. The quantitative estimate of drug-likeness (QED) is 0.350. The predicted molar refractivity (Wildman–Crippen MR) is 117 cm³/mol. The molecule has 2 heterocycles. The van der Waals surface area contributed by atoms with E-state index in [0.717, 1.165) is 27.7 Å². The standard InChI is InChI=1S/C22H20N6O2/c1-14-6-9-16(10-7-14)12-23-21-20(28(29)30)22(25-13-24-21)27-18-5-3-4-17-11-8-15(2)26-19(17)18/h3-11,13H,12H2,1-2H3,(H2,23,24,25,27). The van der Waals surface area contributed by atoms with Crippen molar-refractivity contribution in [2.45, 2.75) is 20.4 Å². The topological polar surface area (TPSA) is 106 Å². The van der Waals surface area contributed by atoms with Crippen LogP contribution in [0, 0.1) is 24.0 Å². The third-order valence-corrected chi connectivity index (χ3v) is 4.70. The van der Waals surface area contributed by atoms with E-state index in [9.17, 15) is 10.1 Å². The van der Waals surface area contributed by atoms with Crippen LogP contribution in [0.3, 0.4) is 0 Å². The monoisotopic (exact) mass is 400 g/mol. The van der Waals surface area contributed by atoms with E-state index in [1.165, 1.54) is 6.33 Å². The largest absolute Gasteiger partial charge is 0.360 e. The fourth-order valence-electron chi connectivity index (χ4n) is 3.14. The van der Waals surface area contributed by atoms with E-state index in [-0.39, 0.29) is 17.3 Å². The first-order chi connectivity index (χ1) is 14.5. The average Bonchev–Trinajstić information content (AvgIpc) is 2.73. The SMILES string of the molecule is Cc1ccc(CNc2ncnc(Nc3cccc4ccc(C)nc34)c2[N+](=O)[O-])cc1. The van der Waals surface area contributed by atoms with Crippen molar-refractivity contribution in [3.8, 4) is 0 Å². The van der Waals surface area contributed by atoms with Crippen LogP contribution in [0.4, 0.5) is 23.0 Å². The lowest BCUT2D eigenvalue weighted by Crippen LogP contribution is -2.08. The molecule has 0 aliphatic rings. The van der Waals surface area contributed by atoms with Gasteiger partial charge in [0.05, 0.1) is 16.1 Å². The van der Waals surface area contributed by atoms with Crippen molar-refractivity contribution in [2.75, 3.05) is 10.6 Å². The Balaban J connectivity index is 1.67. The molecule has 2 aromatic carbocycles. The first kappa shape index (κ1) is 19.3. The van der Waals surface area contributed by atoms with Crippen LogP contribution in [0.5, 0.6) is 0 Å². The molecule has 0 aliphatic heterocycles. The van der Waals surface area contributed by atoms with Gasteiger partial charge in [-0.05, 0) is 31.5 Å². The number of aromatic nitrogens is 3. The van der Waals surface area contributed by atoms with Gasteiger partial charge < -0.3 is 10.6 Å². The number of pyridine rings is 1. The zero-order chi connectivity index (χ0) is 21.1. The van der Waals surface area contributed by atoms with Gasteiger partial charge >= 0.3 is 5.69 Å². The van der Waals surface area contributed by atoms with E-state index in [4.69, 9.17) is 0 Å². The lowest BCUT2D eigenvalue weighted by Gasteiger charge is -2.12.